The predicted molar refractivity (Wildman–Crippen MR) is 84.8 cm³/mol. The Morgan fingerprint density at radius 3 is 2.32 bits per heavy atom. The number of esters is 1. The van der Waals surface area contributed by atoms with Gasteiger partial charge < -0.3 is 14.8 Å². The van der Waals surface area contributed by atoms with E-state index in [1.54, 1.807) is 32.9 Å². The maximum atomic E-state index is 11.5. The van der Waals surface area contributed by atoms with Crippen LogP contribution in [0, 0.1) is 5.41 Å². The molecular formula is C16H22ClNO4. The molecule has 0 radical (unpaired) electrons. The maximum Gasteiger partial charge on any atom is 0.410 e. The Kier molecular flexibility index (Phi) is 6.68. The quantitative estimate of drug-likeness (QED) is 0.661. The second kappa shape index (κ2) is 8.03. The fourth-order valence-electron chi connectivity index (χ4n) is 1.55. The van der Waals surface area contributed by atoms with Crippen LogP contribution < -0.4 is 5.32 Å². The molecule has 1 aromatic carbocycles. The van der Waals surface area contributed by atoms with Crippen LogP contribution in [-0.4, -0.2) is 25.4 Å². The summed E-state index contributed by atoms with van der Waals surface area (Å²) in [5.74, 6) is -0.309. The van der Waals surface area contributed by atoms with E-state index in [2.05, 4.69) is 5.32 Å². The zero-order valence-corrected chi connectivity index (χ0v) is 14.1. The minimum Gasteiger partial charge on any atom is -0.427 e. The molecule has 0 aromatic heterocycles. The van der Waals surface area contributed by atoms with Gasteiger partial charge in [-0.3, -0.25) is 4.79 Å². The summed E-state index contributed by atoms with van der Waals surface area (Å²) < 4.78 is 9.64. The van der Waals surface area contributed by atoms with Gasteiger partial charge in [-0.25, -0.2) is 4.79 Å². The van der Waals surface area contributed by atoms with Gasteiger partial charge in [0.05, 0.1) is 5.41 Å². The molecule has 1 N–H and O–H groups in total. The van der Waals surface area contributed by atoms with Crippen molar-refractivity contribution in [1.82, 2.24) is 5.32 Å². The average molecular weight is 328 g/mol. The number of hydrogen-bond donors (Lipinski definition) is 1. The van der Waals surface area contributed by atoms with Crippen LogP contribution in [0.5, 0.6) is 0 Å². The van der Waals surface area contributed by atoms with Crippen molar-refractivity contribution < 1.29 is 19.1 Å². The number of amides is 1. The monoisotopic (exact) mass is 327 g/mol. The van der Waals surface area contributed by atoms with Crippen LogP contribution in [0.4, 0.5) is 4.79 Å². The molecule has 0 saturated carbocycles. The highest BCUT2D eigenvalue weighted by molar-refractivity contribution is 6.30. The highest BCUT2D eigenvalue weighted by Gasteiger charge is 2.23. The standard InChI is InChI=1S/C16H22ClNO4/c1-11(12-5-7-13(17)8-6-12)9-18-15(20)22-10-21-14(19)16(2,3)4/h5-8,11H,9-10H2,1-4H3,(H,18,20)/t11-/m1/s1. The molecule has 1 atom stereocenters. The number of rotatable bonds is 5. The van der Waals surface area contributed by atoms with Gasteiger partial charge in [0.25, 0.3) is 0 Å². The van der Waals surface area contributed by atoms with E-state index in [9.17, 15) is 9.59 Å². The second-order valence-electron chi connectivity index (χ2n) is 6.06. The van der Waals surface area contributed by atoms with Crippen molar-refractivity contribution in [1.29, 1.82) is 0 Å². The molecule has 0 bridgehead atoms. The largest absolute Gasteiger partial charge is 0.427 e. The first kappa shape index (κ1) is 18.3. The van der Waals surface area contributed by atoms with E-state index in [-0.39, 0.29) is 5.92 Å². The van der Waals surface area contributed by atoms with Crippen molar-refractivity contribution in [3.63, 3.8) is 0 Å². The fourth-order valence-corrected chi connectivity index (χ4v) is 1.68. The summed E-state index contributed by atoms with van der Waals surface area (Å²) in [6.07, 6.45) is -0.623. The highest BCUT2D eigenvalue weighted by Crippen LogP contribution is 2.17. The first-order valence-electron chi connectivity index (χ1n) is 7.03. The van der Waals surface area contributed by atoms with Gasteiger partial charge in [-0.2, -0.15) is 0 Å². The molecule has 22 heavy (non-hydrogen) atoms. The van der Waals surface area contributed by atoms with Crippen LogP contribution in [0.1, 0.15) is 39.2 Å². The fraction of sp³-hybridized carbons (Fsp3) is 0.500. The van der Waals surface area contributed by atoms with E-state index >= 15 is 0 Å². The van der Waals surface area contributed by atoms with E-state index in [4.69, 9.17) is 21.1 Å². The highest BCUT2D eigenvalue weighted by atomic mass is 35.5. The number of nitrogens with one attached hydrogen (secondary N) is 1. The SMILES string of the molecule is C[C@H](CNC(=O)OCOC(=O)C(C)(C)C)c1ccc(Cl)cc1. The molecule has 1 rings (SSSR count). The number of hydrogen-bond acceptors (Lipinski definition) is 4. The molecule has 1 amide bonds. The maximum absolute atomic E-state index is 11.5. The van der Waals surface area contributed by atoms with Crippen molar-refractivity contribution in [2.75, 3.05) is 13.3 Å². The van der Waals surface area contributed by atoms with E-state index in [0.29, 0.717) is 11.6 Å². The summed E-state index contributed by atoms with van der Waals surface area (Å²) in [5.41, 5.74) is 0.437. The Morgan fingerprint density at radius 1 is 1.18 bits per heavy atom. The molecule has 0 aliphatic carbocycles. The summed E-state index contributed by atoms with van der Waals surface area (Å²) in [6, 6.07) is 7.42. The van der Waals surface area contributed by atoms with Crippen molar-refractivity contribution in [3.8, 4) is 0 Å². The Labute approximate surface area is 135 Å². The topological polar surface area (TPSA) is 64.6 Å². The van der Waals surface area contributed by atoms with Gasteiger partial charge in [-0.15, -0.1) is 0 Å². The molecule has 0 aliphatic rings. The molecule has 6 heteroatoms. The molecule has 0 unspecified atom stereocenters. The van der Waals surface area contributed by atoms with Crippen molar-refractivity contribution in [3.05, 3.63) is 34.9 Å². The molecule has 0 saturated heterocycles. The van der Waals surface area contributed by atoms with Crippen LogP contribution in [0.2, 0.25) is 5.02 Å². The van der Waals surface area contributed by atoms with Crippen LogP contribution in [0.25, 0.3) is 0 Å². The number of benzene rings is 1. The number of carbonyl (C=O) groups excluding carboxylic acids is 2. The molecular weight excluding hydrogens is 306 g/mol. The van der Waals surface area contributed by atoms with Gasteiger partial charge >= 0.3 is 12.1 Å². The molecule has 0 fully saturated rings. The van der Waals surface area contributed by atoms with Gasteiger partial charge in [0.1, 0.15) is 0 Å². The summed E-state index contributed by atoms with van der Waals surface area (Å²) in [7, 11) is 0. The number of alkyl carbamates (subject to hydrolysis) is 1. The van der Waals surface area contributed by atoms with Crippen LogP contribution in [0.15, 0.2) is 24.3 Å². The number of carbonyl (C=O) groups is 2. The molecule has 0 aliphatic heterocycles. The first-order valence-corrected chi connectivity index (χ1v) is 7.41. The van der Waals surface area contributed by atoms with Crippen LogP contribution in [0.3, 0.4) is 0 Å². The predicted octanol–water partition coefficient (Wildman–Crippen LogP) is 3.72. The van der Waals surface area contributed by atoms with Gasteiger partial charge in [0.2, 0.25) is 6.79 Å². The third-order valence-corrected chi connectivity index (χ3v) is 3.24. The second-order valence-corrected chi connectivity index (χ2v) is 6.50. The summed E-state index contributed by atoms with van der Waals surface area (Å²) in [5, 5.41) is 3.29. The lowest BCUT2D eigenvalue weighted by Gasteiger charge is -2.17. The molecule has 5 nitrogen and oxygen atoms in total. The zero-order valence-electron chi connectivity index (χ0n) is 13.3. The van der Waals surface area contributed by atoms with Gasteiger partial charge in [-0.1, -0.05) is 30.7 Å². The van der Waals surface area contributed by atoms with E-state index in [0.717, 1.165) is 5.56 Å². The minimum atomic E-state index is -0.623. The summed E-state index contributed by atoms with van der Waals surface area (Å²) in [4.78, 5) is 23.0. The lowest BCUT2D eigenvalue weighted by molar-refractivity contribution is -0.161. The molecule has 1 aromatic rings. The summed E-state index contributed by atoms with van der Waals surface area (Å²) >= 11 is 5.83. The van der Waals surface area contributed by atoms with E-state index < -0.39 is 24.3 Å². The third-order valence-electron chi connectivity index (χ3n) is 2.98. The normalized spacial score (nSPS) is 12.4. The van der Waals surface area contributed by atoms with Gasteiger partial charge in [0, 0.05) is 11.6 Å². The summed E-state index contributed by atoms with van der Waals surface area (Å²) in [6.45, 7) is 7.17. The molecule has 0 spiro atoms. The Balaban J connectivity index is 2.28. The number of ether oxygens (including phenoxy) is 2. The lowest BCUT2D eigenvalue weighted by Crippen LogP contribution is -2.30. The van der Waals surface area contributed by atoms with Gasteiger partial charge in [0.15, 0.2) is 0 Å². The average Bonchev–Trinajstić information content (AvgIpc) is 2.44. The van der Waals surface area contributed by atoms with Crippen LogP contribution in [-0.2, 0) is 14.3 Å². The Bertz CT molecular complexity index is 508. The zero-order chi connectivity index (χ0) is 16.8. The lowest BCUT2D eigenvalue weighted by atomic mass is 9.98. The Hall–Kier alpha value is -1.75. The van der Waals surface area contributed by atoms with E-state index in [1.165, 1.54) is 0 Å². The van der Waals surface area contributed by atoms with Crippen molar-refractivity contribution in [2.24, 2.45) is 5.41 Å². The minimum absolute atomic E-state index is 0.113. The number of halogens is 1. The Morgan fingerprint density at radius 2 is 1.77 bits per heavy atom. The molecule has 122 valence electrons. The van der Waals surface area contributed by atoms with Crippen molar-refractivity contribution >= 4 is 23.7 Å². The smallest absolute Gasteiger partial charge is 0.410 e. The van der Waals surface area contributed by atoms with Crippen molar-refractivity contribution in [2.45, 2.75) is 33.6 Å². The van der Waals surface area contributed by atoms with Crippen LogP contribution >= 0.6 is 11.6 Å². The van der Waals surface area contributed by atoms with Gasteiger partial charge in [-0.05, 0) is 44.4 Å². The molecule has 0 heterocycles. The third kappa shape index (κ3) is 6.35. The van der Waals surface area contributed by atoms with E-state index in [1.807, 2.05) is 19.1 Å². The first-order chi connectivity index (χ1) is 10.2.